The predicted molar refractivity (Wildman–Crippen MR) is 223 cm³/mol. The van der Waals surface area contributed by atoms with Crippen LogP contribution >= 0.6 is 0 Å². The smallest absolute Gasteiger partial charge is 0.306 e. The normalized spacial score (nSPS) is 14.5. The third kappa shape index (κ3) is 34.9. The second kappa shape index (κ2) is 40.0. The van der Waals surface area contributed by atoms with Gasteiger partial charge in [-0.2, -0.15) is 0 Å². The standard InChI is InChI=1S/C45H83N3O4/c1-3-5-7-9-17-23-31-42-50-46-37-27-21-15-11-13-19-25-34-44(52-45(49)36-33-41-48-39-29-30-40-48)35-26-20-14-12-16-22-28-38-47-51-43-32-24-18-10-8-6-4-2/h23-24,31-32,37-38,44H,3-22,25-30,33-36,39-43H2,1-2H3/b31-23-,32-24-,46-37?,47-38?. The van der Waals surface area contributed by atoms with Gasteiger partial charge in [0.05, 0.1) is 0 Å². The summed E-state index contributed by atoms with van der Waals surface area (Å²) in [6.45, 7) is 9.05. The lowest BCUT2D eigenvalue weighted by molar-refractivity contribution is -0.150. The maximum atomic E-state index is 12.7. The van der Waals surface area contributed by atoms with Crippen molar-refractivity contribution in [2.45, 2.75) is 213 Å². The Kier molecular flexibility index (Phi) is 36.9. The van der Waals surface area contributed by atoms with Gasteiger partial charge in [-0.15, -0.1) is 0 Å². The molecule has 0 bridgehead atoms. The van der Waals surface area contributed by atoms with Crippen LogP contribution < -0.4 is 0 Å². The number of hydrogen-bond acceptors (Lipinski definition) is 7. The molecule has 7 nitrogen and oxygen atoms in total. The van der Waals surface area contributed by atoms with Crippen LogP contribution in [0.2, 0.25) is 0 Å². The van der Waals surface area contributed by atoms with Crippen molar-refractivity contribution in [3.05, 3.63) is 24.3 Å². The fourth-order valence-electron chi connectivity index (χ4n) is 6.72. The molecule has 0 amide bonds. The Morgan fingerprint density at radius 1 is 0.558 bits per heavy atom. The number of allylic oxidation sites excluding steroid dienone is 2. The Morgan fingerprint density at radius 2 is 1.00 bits per heavy atom. The van der Waals surface area contributed by atoms with Crippen LogP contribution in [0.3, 0.4) is 0 Å². The molecule has 0 spiro atoms. The average molecular weight is 730 g/mol. The van der Waals surface area contributed by atoms with E-state index < -0.39 is 0 Å². The first kappa shape index (κ1) is 47.9. The van der Waals surface area contributed by atoms with Gasteiger partial charge in [0.15, 0.2) is 0 Å². The van der Waals surface area contributed by atoms with Crippen molar-refractivity contribution in [3.63, 3.8) is 0 Å². The maximum Gasteiger partial charge on any atom is 0.306 e. The molecule has 7 heteroatoms. The van der Waals surface area contributed by atoms with Crippen molar-refractivity contribution in [1.82, 2.24) is 4.90 Å². The number of nitrogens with zero attached hydrogens (tertiary/aromatic N) is 3. The molecule has 0 atom stereocenters. The molecule has 0 aromatic carbocycles. The predicted octanol–water partition coefficient (Wildman–Crippen LogP) is 13.1. The molecule has 0 saturated carbocycles. The molecule has 0 radical (unpaired) electrons. The highest BCUT2D eigenvalue weighted by atomic mass is 16.6. The van der Waals surface area contributed by atoms with Gasteiger partial charge < -0.3 is 19.3 Å². The third-order valence-electron chi connectivity index (χ3n) is 9.99. The Labute approximate surface area is 321 Å². The fourth-order valence-corrected chi connectivity index (χ4v) is 6.72. The zero-order chi connectivity index (χ0) is 37.3. The highest BCUT2D eigenvalue weighted by Gasteiger charge is 2.16. The zero-order valence-electron chi connectivity index (χ0n) is 34.3. The van der Waals surface area contributed by atoms with Crippen LogP contribution in [0, 0.1) is 0 Å². The molecule has 1 heterocycles. The number of carbonyl (C=O) groups excluding carboxylic acids is 1. The quantitative estimate of drug-likeness (QED) is 0.0207. The lowest BCUT2D eigenvalue weighted by atomic mass is 10.0. The Balaban J connectivity index is 2.12. The van der Waals surface area contributed by atoms with Gasteiger partial charge in [-0.3, -0.25) is 4.79 Å². The maximum absolute atomic E-state index is 12.7. The minimum Gasteiger partial charge on any atom is -0.462 e. The molecule has 1 fully saturated rings. The molecule has 1 saturated heterocycles. The third-order valence-corrected chi connectivity index (χ3v) is 9.99. The first-order valence-electron chi connectivity index (χ1n) is 22.3. The van der Waals surface area contributed by atoms with Gasteiger partial charge in [-0.25, -0.2) is 0 Å². The van der Waals surface area contributed by atoms with Crippen LogP contribution in [-0.2, 0) is 19.2 Å². The van der Waals surface area contributed by atoms with E-state index in [0.717, 1.165) is 77.2 Å². The largest absolute Gasteiger partial charge is 0.462 e. The van der Waals surface area contributed by atoms with Crippen molar-refractivity contribution in [1.29, 1.82) is 0 Å². The number of likely N-dealkylation sites (tertiary alicyclic amines) is 1. The second-order valence-electron chi connectivity index (χ2n) is 15.0. The van der Waals surface area contributed by atoms with E-state index >= 15 is 0 Å². The zero-order valence-corrected chi connectivity index (χ0v) is 34.3. The minimum absolute atomic E-state index is 0.0114. The minimum atomic E-state index is 0.0114. The van der Waals surface area contributed by atoms with E-state index in [1.165, 1.54) is 129 Å². The molecule has 0 N–H and O–H groups in total. The number of ether oxygens (including phenoxy) is 1. The fraction of sp³-hybridized carbons (Fsp3) is 0.844. The number of unbranched alkanes of at least 4 members (excludes halogenated alkanes) is 20. The second-order valence-corrected chi connectivity index (χ2v) is 15.0. The monoisotopic (exact) mass is 730 g/mol. The molecule has 52 heavy (non-hydrogen) atoms. The van der Waals surface area contributed by atoms with E-state index in [-0.39, 0.29) is 12.1 Å². The van der Waals surface area contributed by atoms with Crippen LogP contribution in [0.15, 0.2) is 34.6 Å². The molecule has 0 aromatic heterocycles. The molecule has 0 aliphatic carbocycles. The number of carbonyl (C=O) groups is 1. The van der Waals surface area contributed by atoms with E-state index in [1.54, 1.807) is 0 Å². The van der Waals surface area contributed by atoms with Crippen LogP contribution in [0.4, 0.5) is 0 Å². The average Bonchev–Trinajstić information content (AvgIpc) is 3.67. The lowest BCUT2D eigenvalue weighted by Crippen LogP contribution is -2.23. The summed E-state index contributed by atoms with van der Waals surface area (Å²) in [6.07, 6.45) is 47.8. The van der Waals surface area contributed by atoms with Crippen molar-refractivity contribution >= 4 is 18.4 Å². The highest BCUT2D eigenvalue weighted by molar-refractivity contribution is 5.69. The summed E-state index contributed by atoms with van der Waals surface area (Å²) in [4.78, 5) is 25.9. The van der Waals surface area contributed by atoms with Gasteiger partial charge in [0.1, 0.15) is 19.3 Å². The van der Waals surface area contributed by atoms with Gasteiger partial charge >= 0.3 is 5.97 Å². The van der Waals surface area contributed by atoms with E-state index in [2.05, 4.69) is 53.4 Å². The Bertz CT molecular complexity index is 817. The van der Waals surface area contributed by atoms with E-state index in [9.17, 15) is 4.79 Å². The van der Waals surface area contributed by atoms with E-state index in [1.807, 2.05) is 12.4 Å². The summed E-state index contributed by atoms with van der Waals surface area (Å²) in [7, 11) is 0. The number of rotatable bonds is 39. The van der Waals surface area contributed by atoms with Gasteiger partial charge in [0.25, 0.3) is 0 Å². The molecule has 0 unspecified atom stereocenters. The molecular weight excluding hydrogens is 647 g/mol. The highest BCUT2D eigenvalue weighted by Crippen LogP contribution is 2.18. The SMILES string of the molecule is CCCCCC/C=C\CON=CCCCCCCCCC(CCCCCCCCC=NOC/C=C\CCCCCC)OC(=O)CCCN1CCCC1. The van der Waals surface area contributed by atoms with Gasteiger partial charge in [0.2, 0.25) is 0 Å². The number of esters is 1. The summed E-state index contributed by atoms with van der Waals surface area (Å²) in [5.74, 6) is 0.0114. The summed E-state index contributed by atoms with van der Waals surface area (Å²) < 4.78 is 6.06. The number of oxime groups is 2. The van der Waals surface area contributed by atoms with Crippen molar-refractivity contribution in [3.8, 4) is 0 Å². The molecule has 0 aromatic rings. The van der Waals surface area contributed by atoms with Crippen LogP contribution in [0.1, 0.15) is 206 Å². The number of hydrogen-bond donors (Lipinski definition) is 0. The van der Waals surface area contributed by atoms with Gasteiger partial charge in [0, 0.05) is 18.9 Å². The summed E-state index contributed by atoms with van der Waals surface area (Å²) in [6, 6.07) is 0. The van der Waals surface area contributed by atoms with Crippen molar-refractivity contribution in [2.75, 3.05) is 32.8 Å². The first-order chi connectivity index (χ1) is 25.8. The Hall–Kier alpha value is -2.15. The van der Waals surface area contributed by atoms with E-state index in [4.69, 9.17) is 14.4 Å². The van der Waals surface area contributed by atoms with E-state index in [0.29, 0.717) is 19.6 Å². The van der Waals surface area contributed by atoms with Crippen LogP contribution in [0.5, 0.6) is 0 Å². The topological polar surface area (TPSA) is 72.7 Å². The molecule has 302 valence electrons. The summed E-state index contributed by atoms with van der Waals surface area (Å²) in [5.41, 5.74) is 0. The molecule has 1 rings (SSSR count). The van der Waals surface area contributed by atoms with Crippen molar-refractivity contribution < 1.29 is 19.2 Å². The van der Waals surface area contributed by atoms with Gasteiger partial charge in [-0.1, -0.05) is 126 Å². The lowest BCUT2D eigenvalue weighted by Gasteiger charge is -2.19. The van der Waals surface area contributed by atoms with Gasteiger partial charge in [-0.05, 0) is 128 Å². The first-order valence-corrected chi connectivity index (χ1v) is 22.3. The Morgan fingerprint density at radius 3 is 1.50 bits per heavy atom. The molecule has 1 aliphatic heterocycles. The van der Waals surface area contributed by atoms with Crippen LogP contribution in [0.25, 0.3) is 0 Å². The molecular formula is C45H83N3O4. The van der Waals surface area contributed by atoms with Crippen LogP contribution in [-0.4, -0.2) is 62.3 Å². The molecule has 1 aliphatic rings. The van der Waals surface area contributed by atoms with Crippen molar-refractivity contribution in [2.24, 2.45) is 10.3 Å². The summed E-state index contributed by atoms with van der Waals surface area (Å²) in [5, 5.41) is 8.18. The summed E-state index contributed by atoms with van der Waals surface area (Å²) >= 11 is 0.